The van der Waals surface area contributed by atoms with Crippen LogP contribution < -0.4 is 0 Å². The molecule has 0 bridgehead atoms. The zero-order chi connectivity index (χ0) is 12.1. The van der Waals surface area contributed by atoms with Gasteiger partial charge in [0.25, 0.3) is 0 Å². The van der Waals surface area contributed by atoms with E-state index in [4.69, 9.17) is 4.74 Å². The molecule has 0 atom stereocenters. The molecule has 0 amide bonds. The van der Waals surface area contributed by atoms with Crippen LogP contribution in [0.5, 0.6) is 0 Å². The third kappa shape index (κ3) is 2.76. The van der Waals surface area contributed by atoms with E-state index in [2.05, 4.69) is 10.2 Å². The molecule has 2 rings (SSSR count). The Morgan fingerprint density at radius 1 is 1.35 bits per heavy atom. The smallest absolute Gasteiger partial charge is 0.210 e. The van der Waals surface area contributed by atoms with E-state index in [-0.39, 0.29) is 12.4 Å². The number of para-hydroxylation sites is 1. The Balaban J connectivity index is 2.14. The van der Waals surface area contributed by atoms with E-state index >= 15 is 0 Å². The first-order valence-electron chi connectivity index (χ1n) is 5.40. The maximum Gasteiger partial charge on any atom is 0.210 e. The molecule has 0 saturated heterocycles. The van der Waals surface area contributed by atoms with Crippen LogP contribution in [0.15, 0.2) is 36.5 Å². The van der Waals surface area contributed by atoms with Crippen LogP contribution in [-0.4, -0.2) is 34.0 Å². The molecule has 1 aromatic heterocycles. The topological polar surface area (TPSA) is 57.0 Å². The quantitative estimate of drug-likeness (QED) is 0.731. The Hall–Kier alpha value is -2.01. The van der Waals surface area contributed by atoms with Crippen LogP contribution in [0.4, 0.5) is 0 Å². The Morgan fingerprint density at radius 2 is 2.12 bits per heavy atom. The van der Waals surface area contributed by atoms with Crippen molar-refractivity contribution < 1.29 is 9.53 Å². The van der Waals surface area contributed by atoms with Crippen LogP contribution in [0.25, 0.3) is 5.69 Å². The molecule has 2 aromatic rings. The molecule has 0 N–H and O–H groups in total. The first-order chi connectivity index (χ1) is 8.31. The van der Waals surface area contributed by atoms with Crippen molar-refractivity contribution in [2.45, 2.75) is 6.92 Å². The Bertz CT molecular complexity index is 493. The first-order valence-corrected chi connectivity index (χ1v) is 5.40. The lowest BCUT2D eigenvalue weighted by Gasteiger charge is -1.98. The second kappa shape index (κ2) is 5.36. The molecule has 0 spiro atoms. The van der Waals surface area contributed by atoms with E-state index < -0.39 is 0 Å². The van der Waals surface area contributed by atoms with E-state index in [9.17, 15) is 4.79 Å². The van der Waals surface area contributed by atoms with Gasteiger partial charge in [0.1, 0.15) is 6.61 Å². The highest BCUT2D eigenvalue weighted by atomic mass is 16.5. The Labute approximate surface area is 99.0 Å². The molecule has 0 radical (unpaired) electrons. The van der Waals surface area contributed by atoms with Gasteiger partial charge in [-0.05, 0) is 19.1 Å². The fourth-order valence-corrected chi connectivity index (χ4v) is 1.35. The molecular weight excluding hydrogens is 218 g/mol. The SMILES string of the molecule is CCOCC(=O)c1cnn(-c2ccccc2)n1. The molecule has 5 nitrogen and oxygen atoms in total. The lowest BCUT2D eigenvalue weighted by Crippen LogP contribution is -2.10. The predicted molar refractivity (Wildman–Crippen MR) is 62.2 cm³/mol. The summed E-state index contributed by atoms with van der Waals surface area (Å²) in [5, 5.41) is 8.15. The molecule has 0 unspecified atom stereocenters. The molecular formula is C12H13N3O2. The Kier molecular flexibility index (Phi) is 3.62. The van der Waals surface area contributed by atoms with E-state index in [0.717, 1.165) is 5.69 Å². The number of benzene rings is 1. The lowest BCUT2D eigenvalue weighted by atomic mass is 10.3. The van der Waals surface area contributed by atoms with Gasteiger partial charge in [0.05, 0.1) is 11.9 Å². The summed E-state index contributed by atoms with van der Waals surface area (Å²) < 4.78 is 5.04. The molecule has 88 valence electrons. The fraction of sp³-hybridized carbons (Fsp3) is 0.250. The van der Waals surface area contributed by atoms with Crippen molar-refractivity contribution >= 4 is 5.78 Å². The number of aromatic nitrogens is 3. The third-order valence-electron chi connectivity index (χ3n) is 2.20. The molecule has 1 heterocycles. The number of Topliss-reactive ketones (excluding diaryl/α,β-unsaturated/α-hetero) is 1. The normalized spacial score (nSPS) is 10.4. The zero-order valence-electron chi connectivity index (χ0n) is 9.54. The summed E-state index contributed by atoms with van der Waals surface area (Å²) in [5.41, 5.74) is 1.14. The number of nitrogens with zero attached hydrogens (tertiary/aromatic N) is 3. The summed E-state index contributed by atoms with van der Waals surface area (Å²) in [4.78, 5) is 13.0. The molecule has 0 aliphatic carbocycles. The van der Waals surface area contributed by atoms with E-state index in [1.807, 2.05) is 37.3 Å². The summed E-state index contributed by atoms with van der Waals surface area (Å²) >= 11 is 0. The highest BCUT2D eigenvalue weighted by molar-refractivity contribution is 5.94. The predicted octanol–water partition coefficient (Wildman–Crippen LogP) is 1.49. The van der Waals surface area contributed by atoms with E-state index in [1.165, 1.54) is 11.0 Å². The van der Waals surface area contributed by atoms with Gasteiger partial charge >= 0.3 is 0 Å². The number of ether oxygens (including phenoxy) is 1. The maximum atomic E-state index is 11.6. The molecule has 0 saturated carbocycles. The summed E-state index contributed by atoms with van der Waals surface area (Å²) in [7, 11) is 0. The summed E-state index contributed by atoms with van der Waals surface area (Å²) in [6.45, 7) is 2.40. The minimum absolute atomic E-state index is 0.0456. The molecule has 5 heteroatoms. The number of ketones is 1. The zero-order valence-corrected chi connectivity index (χ0v) is 9.54. The van der Waals surface area contributed by atoms with Crippen molar-refractivity contribution in [3.8, 4) is 5.69 Å². The molecule has 0 aliphatic rings. The van der Waals surface area contributed by atoms with Gasteiger partial charge in [-0.3, -0.25) is 4.79 Å². The Morgan fingerprint density at radius 3 is 2.82 bits per heavy atom. The van der Waals surface area contributed by atoms with Crippen LogP contribution >= 0.6 is 0 Å². The first kappa shape index (κ1) is 11.5. The summed E-state index contributed by atoms with van der Waals surface area (Å²) in [5.74, 6) is -0.158. The van der Waals surface area contributed by atoms with Gasteiger partial charge in [-0.15, -0.1) is 5.10 Å². The summed E-state index contributed by atoms with van der Waals surface area (Å²) in [6.07, 6.45) is 1.45. The highest BCUT2D eigenvalue weighted by Crippen LogP contribution is 2.04. The van der Waals surface area contributed by atoms with Gasteiger partial charge in [-0.25, -0.2) is 0 Å². The van der Waals surface area contributed by atoms with Gasteiger partial charge in [-0.2, -0.15) is 9.90 Å². The number of carbonyl (C=O) groups is 1. The number of rotatable bonds is 5. The average Bonchev–Trinajstić information content (AvgIpc) is 2.86. The fourth-order valence-electron chi connectivity index (χ4n) is 1.35. The lowest BCUT2D eigenvalue weighted by molar-refractivity contribution is 0.0778. The molecule has 0 fully saturated rings. The minimum Gasteiger partial charge on any atom is -0.374 e. The van der Waals surface area contributed by atoms with Crippen molar-refractivity contribution in [3.63, 3.8) is 0 Å². The highest BCUT2D eigenvalue weighted by Gasteiger charge is 2.11. The van der Waals surface area contributed by atoms with Gasteiger partial charge in [0.2, 0.25) is 5.78 Å². The maximum absolute atomic E-state index is 11.6. The van der Waals surface area contributed by atoms with E-state index in [1.54, 1.807) is 0 Å². The third-order valence-corrected chi connectivity index (χ3v) is 2.20. The number of carbonyl (C=O) groups excluding carboxylic acids is 1. The number of hydrogen-bond acceptors (Lipinski definition) is 4. The number of hydrogen-bond donors (Lipinski definition) is 0. The summed E-state index contributed by atoms with van der Waals surface area (Å²) in [6, 6.07) is 9.43. The van der Waals surface area contributed by atoms with Gasteiger partial charge < -0.3 is 4.74 Å². The van der Waals surface area contributed by atoms with Crippen molar-refractivity contribution in [1.82, 2.24) is 15.0 Å². The monoisotopic (exact) mass is 231 g/mol. The standard InChI is InChI=1S/C12H13N3O2/c1-2-17-9-12(16)11-8-13-15(14-11)10-6-4-3-5-7-10/h3-8H,2,9H2,1H3. The van der Waals surface area contributed by atoms with Crippen molar-refractivity contribution in [2.75, 3.05) is 13.2 Å². The van der Waals surface area contributed by atoms with Gasteiger partial charge in [0.15, 0.2) is 5.69 Å². The molecule has 17 heavy (non-hydrogen) atoms. The average molecular weight is 231 g/mol. The van der Waals surface area contributed by atoms with Gasteiger partial charge in [0, 0.05) is 6.61 Å². The molecule has 1 aromatic carbocycles. The second-order valence-corrected chi connectivity index (χ2v) is 3.42. The van der Waals surface area contributed by atoms with Crippen LogP contribution in [0.1, 0.15) is 17.4 Å². The van der Waals surface area contributed by atoms with Crippen LogP contribution in [-0.2, 0) is 4.74 Å². The van der Waals surface area contributed by atoms with Crippen LogP contribution in [0, 0.1) is 0 Å². The largest absolute Gasteiger partial charge is 0.374 e. The second-order valence-electron chi connectivity index (χ2n) is 3.42. The van der Waals surface area contributed by atoms with Crippen molar-refractivity contribution in [1.29, 1.82) is 0 Å². The molecule has 0 aliphatic heterocycles. The van der Waals surface area contributed by atoms with Crippen LogP contribution in [0.2, 0.25) is 0 Å². The van der Waals surface area contributed by atoms with Gasteiger partial charge in [-0.1, -0.05) is 18.2 Å². The minimum atomic E-state index is -0.158. The van der Waals surface area contributed by atoms with Crippen molar-refractivity contribution in [2.24, 2.45) is 0 Å². The van der Waals surface area contributed by atoms with Crippen molar-refractivity contribution in [3.05, 3.63) is 42.2 Å². The van der Waals surface area contributed by atoms with E-state index in [0.29, 0.717) is 12.3 Å². The van der Waals surface area contributed by atoms with Crippen LogP contribution in [0.3, 0.4) is 0 Å².